The van der Waals surface area contributed by atoms with E-state index in [0.29, 0.717) is 0 Å². The van der Waals surface area contributed by atoms with E-state index in [1.165, 1.54) is 24.8 Å². The Labute approximate surface area is 131 Å². The highest BCUT2D eigenvalue weighted by Crippen LogP contribution is 2.28. The molecule has 2 N–H and O–H groups in total. The lowest BCUT2D eigenvalue weighted by Crippen LogP contribution is -2.02. The van der Waals surface area contributed by atoms with Crippen LogP contribution < -0.4 is 5.73 Å². The Kier molecular flexibility index (Phi) is 4.31. The van der Waals surface area contributed by atoms with Crippen molar-refractivity contribution in [3.05, 3.63) is 34.1 Å². The van der Waals surface area contributed by atoms with Crippen LogP contribution in [0.2, 0.25) is 0 Å². The number of aryl methyl sites for hydroxylation is 1. The van der Waals surface area contributed by atoms with Crippen molar-refractivity contribution in [1.29, 1.82) is 0 Å². The van der Waals surface area contributed by atoms with Crippen molar-refractivity contribution in [2.24, 2.45) is 0 Å². The summed E-state index contributed by atoms with van der Waals surface area (Å²) in [4.78, 5) is 0. The third-order valence-electron chi connectivity index (χ3n) is 3.51. The molecule has 6 heteroatoms. The topological polar surface area (TPSA) is 56.7 Å². The lowest BCUT2D eigenvalue weighted by atomic mass is 10.2. The standard InChI is InChI=1S/C14H17BrN4S/c15-12-8-11(16)6-5-10(12)9-20-14-18-17-13-4-2-1-3-7-19(13)14/h5-6,8H,1-4,7,9,16H2. The van der Waals surface area contributed by atoms with Crippen molar-refractivity contribution in [1.82, 2.24) is 14.8 Å². The summed E-state index contributed by atoms with van der Waals surface area (Å²) < 4.78 is 3.34. The predicted octanol–water partition coefficient (Wildman–Crippen LogP) is 3.64. The molecule has 0 bridgehead atoms. The second kappa shape index (κ2) is 6.18. The third-order valence-corrected chi connectivity index (χ3v) is 5.26. The average Bonchev–Trinajstić information content (AvgIpc) is 2.66. The Balaban J connectivity index is 1.74. The number of halogens is 1. The molecule has 0 saturated heterocycles. The lowest BCUT2D eigenvalue weighted by Gasteiger charge is -2.07. The normalized spacial score (nSPS) is 14.8. The first-order valence-corrected chi connectivity index (χ1v) is 8.60. The molecule has 4 nitrogen and oxygen atoms in total. The second-order valence-corrected chi connectivity index (χ2v) is 6.80. The second-order valence-electron chi connectivity index (χ2n) is 5.00. The molecular weight excluding hydrogens is 336 g/mol. The van der Waals surface area contributed by atoms with Crippen molar-refractivity contribution in [3.8, 4) is 0 Å². The van der Waals surface area contributed by atoms with Crippen molar-refractivity contribution >= 4 is 33.4 Å². The monoisotopic (exact) mass is 352 g/mol. The molecule has 0 aliphatic carbocycles. The minimum absolute atomic E-state index is 0.780. The van der Waals surface area contributed by atoms with Gasteiger partial charge in [-0.15, -0.1) is 10.2 Å². The van der Waals surface area contributed by atoms with Gasteiger partial charge in [-0.1, -0.05) is 40.2 Å². The number of anilines is 1. The van der Waals surface area contributed by atoms with Crippen molar-refractivity contribution in [2.75, 3.05) is 5.73 Å². The molecule has 1 aliphatic heterocycles. The molecule has 106 valence electrons. The zero-order chi connectivity index (χ0) is 13.9. The van der Waals surface area contributed by atoms with E-state index in [1.807, 2.05) is 12.1 Å². The number of hydrogen-bond donors (Lipinski definition) is 1. The van der Waals surface area contributed by atoms with Gasteiger partial charge in [0.05, 0.1) is 0 Å². The maximum absolute atomic E-state index is 5.76. The van der Waals surface area contributed by atoms with Crippen LogP contribution in [-0.4, -0.2) is 14.8 Å². The molecule has 1 aromatic carbocycles. The number of nitrogen functional groups attached to an aromatic ring is 1. The number of fused-ring (bicyclic) bond motifs is 1. The van der Waals surface area contributed by atoms with Crippen LogP contribution in [0.25, 0.3) is 0 Å². The van der Waals surface area contributed by atoms with Gasteiger partial charge < -0.3 is 10.3 Å². The summed E-state index contributed by atoms with van der Waals surface area (Å²) >= 11 is 5.31. The van der Waals surface area contributed by atoms with Crippen molar-refractivity contribution in [3.63, 3.8) is 0 Å². The Morgan fingerprint density at radius 2 is 2.15 bits per heavy atom. The molecule has 0 unspecified atom stereocenters. The number of nitrogens with zero attached hydrogens (tertiary/aromatic N) is 3. The van der Waals surface area contributed by atoms with Crippen LogP contribution >= 0.6 is 27.7 Å². The minimum atomic E-state index is 0.780. The number of nitrogens with two attached hydrogens (primary N) is 1. The first-order valence-electron chi connectivity index (χ1n) is 6.83. The number of rotatable bonds is 3. The summed E-state index contributed by atoms with van der Waals surface area (Å²) in [5, 5.41) is 9.70. The first-order chi connectivity index (χ1) is 9.74. The molecule has 0 spiro atoms. The van der Waals surface area contributed by atoms with Crippen LogP contribution in [0.5, 0.6) is 0 Å². The fraction of sp³-hybridized carbons (Fsp3) is 0.429. The summed E-state index contributed by atoms with van der Waals surface area (Å²) in [6, 6.07) is 5.94. The van der Waals surface area contributed by atoms with Crippen LogP contribution in [0.3, 0.4) is 0 Å². The number of hydrogen-bond acceptors (Lipinski definition) is 4. The Hall–Kier alpha value is -1.01. The molecule has 0 fully saturated rings. The highest BCUT2D eigenvalue weighted by atomic mass is 79.9. The largest absolute Gasteiger partial charge is 0.399 e. The van der Waals surface area contributed by atoms with Gasteiger partial charge in [-0.05, 0) is 30.5 Å². The summed E-state index contributed by atoms with van der Waals surface area (Å²) in [7, 11) is 0. The zero-order valence-electron chi connectivity index (χ0n) is 11.2. The van der Waals surface area contributed by atoms with Gasteiger partial charge in [0.15, 0.2) is 5.16 Å². The quantitative estimate of drug-likeness (QED) is 0.676. The molecule has 0 amide bonds. The molecule has 0 radical (unpaired) electrons. The minimum Gasteiger partial charge on any atom is -0.399 e. The first kappa shape index (κ1) is 13.9. The number of aromatic nitrogens is 3. The fourth-order valence-corrected chi connectivity index (χ4v) is 4.10. The van der Waals surface area contributed by atoms with E-state index in [1.54, 1.807) is 11.8 Å². The average molecular weight is 353 g/mol. The molecule has 3 rings (SSSR count). The fourth-order valence-electron chi connectivity index (χ4n) is 2.39. The predicted molar refractivity (Wildman–Crippen MR) is 85.7 cm³/mol. The number of thioether (sulfide) groups is 1. The van der Waals surface area contributed by atoms with E-state index in [0.717, 1.165) is 39.9 Å². The molecule has 1 aliphatic rings. The molecule has 20 heavy (non-hydrogen) atoms. The molecule has 2 heterocycles. The highest BCUT2D eigenvalue weighted by Gasteiger charge is 2.15. The van der Waals surface area contributed by atoms with E-state index in [2.05, 4.69) is 36.8 Å². The van der Waals surface area contributed by atoms with Crippen LogP contribution in [0.1, 0.15) is 30.7 Å². The van der Waals surface area contributed by atoms with E-state index < -0.39 is 0 Å². The SMILES string of the molecule is Nc1ccc(CSc2nnc3n2CCCCC3)c(Br)c1. The maximum atomic E-state index is 5.76. The van der Waals surface area contributed by atoms with E-state index in [9.17, 15) is 0 Å². The molecule has 1 aromatic heterocycles. The van der Waals surface area contributed by atoms with E-state index in [4.69, 9.17) is 5.73 Å². The van der Waals surface area contributed by atoms with Gasteiger partial charge in [0, 0.05) is 28.9 Å². The van der Waals surface area contributed by atoms with Crippen molar-refractivity contribution in [2.45, 2.75) is 43.1 Å². The number of benzene rings is 1. The van der Waals surface area contributed by atoms with Gasteiger partial charge in [-0.3, -0.25) is 0 Å². The Bertz CT molecular complexity index is 611. The smallest absolute Gasteiger partial charge is 0.191 e. The van der Waals surface area contributed by atoms with E-state index in [-0.39, 0.29) is 0 Å². The van der Waals surface area contributed by atoms with Crippen LogP contribution in [0.4, 0.5) is 5.69 Å². The van der Waals surface area contributed by atoms with Gasteiger partial charge in [0.1, 0.15) is 5.82 Å². The van der Waals surface area contributed by atoms with Crippen LogP contribution in [-0.2, 0) is 18.7 Å². The summed E-state index contributed by atoms with van der Waals surface area (Å²) in [5.41, 5.74) is 7.77. The van der Waals surface area contributed by atoms with Gasteiger partial charge in [-0.25, -0.2) is 0 Å². The molecule has 0 saturated carbocycles. The molecular formula is C14H17BrN4S. The van der Waals surface area contributed by atoms with Crippen LogP contribution in [0, 0.1) is 0 Å². The molecule has 2 aromatic rings. The zero-order valence-corrected chi connectivity index (χ0v) is 13.6. The third kappa shape index (κ3) is 3.01. The van der Waals surface area contributed by atoms with Gasteiger partial charge in [-0.2, -0.15) is 0 Å². The van der Waals surface area contributed by atoms with Crippen molar-refractivity contribution < 1.29 is 0 Å². The Morgan fingerprint density at radius 3 is 3.00 bits per heavy atom. The summed E-state index contributed by atoms with van der Waals surface area (Å²) in [6.45, 7) is 1.05. The van der Waals surface area contributed by atoms with Crippen LogP contribution in [0.15, 0.2) is 27.8 Å². The maximum Gasteiger partial charge on any atom is 0.191 e. The molecule has 0 atom stereocenters. The van der Waals surface area contributed by atoms with E-state index >= 15 is 0 Å². The Morgan fingerprint density at radius 1 is 1.25 bits per heavy atom. The van der Waals surface area contributed by atoms with Gasteiger partial charge >= 0.3 is 0 Å². The highest BCUT2D eigenvalue weighted by molar-refractivity contribution is 9.10. The summed E-state index contributed by atoms with van der Waals surface area (Å²) in [6.07, 6.45) is 4.80. The lowest BCUT2D eigenvalue weighted by molar-refractivity contribution is 0.591. The van der Waals surface area contributed by atoms with Gasteiger partial charge in [0.2, 0.25) is 0 Å². The van der Waals surface area contributed by atoms with Gasteiger partial charge in [0.25, 0.3) is 0 Å². The summed E-state index contributed by atoms with van der Waals surface area (Å²) in [5.74, 6) is 2.01.